The Bertz CT molecular complexity index is 1450. The molecule has 9 heteroatoms. The molecule has 0 spiro atoms. The predicted molar refractivity (Wildman–Crippen MR) is 152 cm³/mol. The van der Waals surface area contributed by atoms with Crippen molar-refractivity contribution < 1.29 is 19.4 Å². The minimum Gasteiger partial charge on any atom is -0.477 e. The van der Waals surface area contributed by atoms with E-state index < -0.39 is 5.97 Å². The summed E-state index contributed by atoms with van der Waals surface area (Å²) in [5, 5.41) is 14.2. The number of fused-ring (bicyclic) bond motifs is 1. The van der Waals surface area contributed by atoms with Crippen LogP contribution in [0.1, 0.15) is 29.1 Å². The Hall–Kier alpha value is -3.17. The average molecular weight is 552 g/mol. The fraction of sp³-hybridized carbons (Fsp3) is 0.310. The lowest BCUT2D eigenvalue weighted by Gasteiger charge is -2.27. The zero-order valence-corrected chi connectivity index (χ0v) is 22.9. The number of carbonyl (C=O) groups is 2. The maximum absolute atomic E-state index is 13.6. The van der Waals surface area contributed by atoms with Crippen molar-refractivity contribution in [3.05, 3.63) is 70.1 Å². The Morgan fingerprint density at radius 3 is 2.37 bits per heavy atom. The normalized spacial score (nSPS) is 13.9. The molecule has 2 aromatic heterocycles. The molecular formula is C29H30ClN3O4S. The molecule has 1 amide bonds. The number of aromatic nitrogens is 1. The van der Waals surface area contributed by atoms with Gasteiger partial charge in [-0.1, -0.05) is 67.9 Å². The van der Waals surface area contributed by atoms with Gasteiger partial charge in [0.25, 0.3) is 0 Å². The minimum absolute atomic E-state index is 0.0223. The number of nitrogens with zero attached hydrogens (tertiary/aromatic N) is 2. The van der Waals surface area contributed by atoms with Gasteiger partial charge in [0.1, 0.15) is 11.4 Å². The second kappa shape index (κ2) is 11.3. The first-order valence-corrected chi connectivity index (χ1v) is 13.9. The van der Waals surface area contributed by atoms with Crippen LogP contribution in [0.4, 0.5) is 0 Å². The van der Waals surface area contributed by atoms with Gasteiger partial charge in [0, 0.05) is 41.8 Å². The highest BCUT2D eigenvalue weighted by atomic mass is 35.5. The van der Waals surface area contributed by atoms with E-state index in [1.807, 2.05) is 77.9 Å². The number of hydrogen-bond acceptors (Lipinski definition) is 5. The van der Waals surface area contributed by atoms with E-state index in [0.717, 1.165) is 32.6 Å². The molecule has 0 aliphatic carbocycles. The number of carboxylic acids is 1. The number of amides is 1. The van der Waals surface area contributed by atoms with Gasteiger partial charge in [-0.2, -0.15) is 0 Å². The Morgan fingerprint density at radius 1 is 1.05 bits per heavy atom. The molecule has 0 saturated carbocycles. The lowest BCUT2D eigenvalue weighted by Crippen LogP contribution is -2.42. The third kappa shape index (κ3) is 5.22. The standard InChI is InChI=1S/C29H30ClN3O4S/c1-18(2)31-16-22-26-28(38-27(22)29(35)36)24(19-6-4-3-5-7-19)25(20-8-10-21(30)11-9-20)33(26)17-23(34)32-12-14-37-15-13-32/h3-11,18,31H,12-17H2,1-2H3,(H,35,36). The topological polar surface area (TPSA) is 83.8 Å². The smallest absolute Gasteiger partial charge is 0.346 e. The predicted octanol–water partition coefficient (Wildman–Crippen LogP) is 5.75. The molecule has 1 fully saturated rings. The molecule has 4 aromatic rings. The highest BCUT2D eigenvalue weighted by Crippen LogP contribution is 2.47. The molecule has 0 radical (unpaired) electrons. The fourth-order valence-corrected chi connectivity index (χ4v) is 6.25. The van der Waals surface area contributed by atoms with E-state index in [0.29, 0.717) is 43.4 Å². The molecule has 1 aliphatic rings. The third-order valence-corrected chi connectivity index (χ3v) is 8.18. The number of aromatic carboxylic acids is 1. The highest BCUT2D eigenvalue weighted by Gasteiger charge is 2.30. The van der Waals surface area contributed by atoms with Crippen LogP contribution in [-0.2, 0) is 22.6 Å². The third-order valence-electron chi connectivity index (χ3n) is 6.70. The van der Waals surface area contributed by atoms with Crippen molar-refractivity contribution in [2.24, 2.45) is 0 Å². The second-order valence-electron chi connectivity index (χ2n) is 9.60. The molecule has 2 N–H and O–H groups in total. The maximum Gasteiger partial charge on any atom is 0.346 e. The molecule has 38 heavy (non-hydrogen) atoms. The summed E-state index contributed by atoms with van der Waals surface area (Å²) in [5.41, 5.74) is 5.14. The van der Waals surface area contributed by atoms with E-state index in [1.54, 1.807) is 0 Å². The quantitative estimate of drug-likeness (QED) is 0.291. The van der Waals surface area contributed by atoms with Gasteiger partial charge in [0.15, 0.2) is 0 Å². The Labute approximate surface area is 230 Å². The summed E-state index contributed by atoms with van der Waals surface area (Å²) in [6.45, 7) is 6.62. The molecule has 0 bridgehead atoms. The lowest BCUT2D eigenvalue weighted by atomic mass is 10.0. The molecule has 3 heterocycles. The van der Waals surface area contributed by atoms with Gasteiger partial charge in [0.2, 0.25) is 5.91 Å². The molecule has 1 aliphatic heterocycles. The minimum atomic E-state index is -0.968. The van der Waals surface area contributed by atoms with Crippen LogP contribution in [0.2, 0.25) is 5.02 Å². The molecule has 198 valence electrons. The fourth-order valence-electron chi connectivity index (χ4n) is 4.90. The van der Waals surface area contributed by atoms with Crippen molar-refractivity contribution in [2.45, 2.75) is 33.0 Å². The number of benzene rings is 2. The van der Waals surface area contributed by atoms with Crippen LogP contribution in [0.5, 0.6) is 0 Å². The largest absolute Gasteiger partial charge is 0.477 e. The van der Waals surface area contributed by atoms with Crippen LogP contribution in [0.15, 0.2) is 54.6 Å². The van der Waals surface area contributed by atoms with Crippen LogP contribution in [-0.4, -0.2) is 58.8 Å². The van der Waals surface area contributed by atoms with Crippen LogP contribution in [0.25, 0.3) is 32.6 Å². The van der Waals surface area contributed by atoms with Crippen LogP contribution < -0.4 is 5.32 Å². The van der Waals surface area contributed by atoms with Crippen molar-refractivity contribution in [1.29, 1.82) is 0 Å². The number of rotatable bonds is 8. The van der Waals surface area contributed by atoms with Gasteiger partial charge in [-0.15, -0.1) is 11.3 Å². The summed E-state index contributed by atoms with van der Waals surface area (Å²) < 4.78 is 8.32. The van der Waals surface area contributed by atoms with E-state index in [-0.39, 0.29) is 23.4 Å². The summed E-state index contributed by atoms with van der Waals surface area (Å²) >= 11 is 7.51. The average Bonchev–Trinajstić information content (AvgIpc) is 3.44. The number of carbonyl (C=O) groups excluding carboxylic acids is 1. The lowest BCUT2D eigenvalue weighted by molar-refractivity contribution is -0.135. The van der Waals surface area contributed by atoms with E-state index in [9.17, 15) is 14.7 Å². The summed E-state index contributed by atoms with van der Waals surface area (Å²) in [5.74, 6) is -0.990. The monoisotopic (exact) mass is 551 g/mol. The number of nitrogens with one attached hydrogen (secondary N) is 1. The summed E-state index contributed by atoms with van der Waals surface area (Å²) in [7, 11) is 0. The number of carboxylic acid groups (broad SMARTS) is 1. The van der Waals surface area contributed by atoms with Crippen LogP contribution in [0, 0.1) is 0 Å². The van der Waals surface area contributed by atoms with E-state index in [2.05, 4.69) is 5.32 Å². The van der Waals surface area contributed by atoms with Crippen molar-refractivity contribution >= 4 is 45.0 Å². The number of ether oxygens (including phenoxy) is 1. The number of halogens is 1. The van der Waals surface area contributed by atoms with Gasteiger partial charge >= 0.3 is 5.97 Å². The van der Waals surface area contributed by atoms with Crippen LogP contribution in [0.3, 0.4) is 0 Å². The Morgan fingerprint density at radius 2 is 1.74 bits per heavy atom. The van der Waals surface area contributed by atoms with Gasteiger partial charge in [-0.25, -0.2) is 4.79 Å². The number of hydrogen-bond donors (Lipinski definition) is 2. The number of morpholine rings is 1. The first-order chi connectivity index (χ1) is 18.3. The zero-order valence-electron chi connectivity index (χ0n) is 21.4. The van der Waals surface area contributed by atoms with Crippen molar-refractivity contribution in [3.63, 3.8) is 0 Å². The molecule has 1 saturated heterocycles. The summed E-state index contributed by atoms with van der Waals surface area (Å²) in [6, 6.07) is 17.7. The molecule has 0 unspecified atom stereocenters. The van der Waals surface area contributed by atoms with Crippen LogP contribution >= 0.6 is 22.9 Å². The molecule has 0 atom stereocenters. The van der Waals surface area contributed by atoms with Gasteiger partial charge in [-0.05, 0) is 23.3 Å². The van der Waals surface area contributed by atoms with Crippen molar-refractivity contribution in [3.8, 4) is 22.4 Å². The molecule has 2 aromatic carbocycles. The SMILES string of the molecule is CC(C)NCc1c(C(=O)O)sc2c(-c3ccccc3)c(-c3ccc(Cl)cc3)n(CC(=O)N3CCOCC3)c12. The Kier molecular flexibility index (Phi) is 7.85. The van der Waals surface area contributed by atoms with Crippen molar-refractivity contribution in [2.75, 3.05) is 26.3 Å². The number of thiophene rings is 1. The zero-order chi connectivity index (χ0) is 26.8. The van der Waals surface area contributed by atoms with E-state index in [4.69, 9.17) is 16.3 Å². The maximum atomic E-state index is 13.6. The molecule has 5 rings (SSSR count). The molecule has 7 nitrogen and oxygen atoms in total. The highest BCUT2D eigenvalue weighted by molar-refractivity contribution is 7.21. The van der Waals surface area contributed by atoms with Crippen molar-refractivity contribution in [1.82, 2.24) is 14.8 Å². The second-order valence-corrected chi connectivity index (χ2v) is 11.1. The van der Waals surface area contributed by atoms with Gasteiger partial charge < -0.3 is 24.6 Å². The first kappa shape index (κ1) is 26.4. The van der Waals surface area contributed by atoms with Gasteiger partial charge in [-0.3, -0.25) is 4.79 Å². The summed E-state index contributed by atoms with van der Waals surface area (Å²) in [4.78, 5) is 28.1. The Balaban J connectivity index is 1.81. The summed E-state index contributed by atoms with van der Waals surface area (Å²) in [6.07, 6.45) is 0. The molecular weight excluding hydrogens is 522 g/mol. The van der Waals surface area contributed by atoms with E-state index in [1.165, 1.54) is 11.3 Å². The van der Waals surface area contributed by atoms with E-state index >= 15 is 0 Å². The first-order valence-electron chi connectivity index (χ1n) is 12.7. The van der Waals surface area contributed by atoms with Gasteiger partial charge in [0.05, 0.1) is 29.1 Å².